The summed E-state index contributed by atoms with van der Waals surface area (Å²) in [5.41, 5.74) is 0. The number of thiol groups is 1. The molecule has 1 aliphatic heterocycles. The molecule has 1 heterocycles. The van der Waals surface area contributed by atoms with Gasteiger partial charge in [-0.15, -0.1) is 0 Å². The van der Waals surface area contributed by atoms with Crippen LogP contribution in [0.2, 0.25) is 0 Å². The summed E-state index contributed by atoms with van der Waals surface area (Å²) in [6.07, 6.45) is -3.18. The monoisotopic (exact) mass is 527 g/mol. The van der Waals surface area contributed by atoms with Crippen molar-refractivity contribution in [1.29, 1.82) is 0 Å². The number of hydrogen-bond donors (Lipinski definition) is 5. The Bertz CT molecular complexity index is 333. The van der Waals surface area contributed by atoms with Gasteiger partial charge in [-0.2, -0.15) is 0 Å². The van der Waals surface area contributed by atoms with Crippen molar-refractivity contribution in [3.05, 3.63) is 0 Å². The molecule has 0 aromatic rings. The first kappa shape index (κ1) is 20.3. The van der Waals surface area contributed by atoms with Gasteiger partial charge in [-0.1, -0.05) is 0 Å². The number of rotatable bonds is 7. The van der Waals surface area contributed by atoms with Crippen molar-refractivity contribution < 1.29 is 48.0 Å². The van der Waals surface area contributed by atoms with E-state index in [1.165, 1.54) is 0 Å². The van der Waals surface area contributed by atoms with Crippen molar-refractivity contribution in [2.24, 2.45) is 0 Å². The first-order valence-corrected chi connectivity index (χ1v) is 14.6. The van der Waals surface area contributed by atoms with Crippen molar-refractivity contribution in [3.63, 3.8) is 0 Å². The van der Waals surface area contributed by atoms with Crippen molar-refractivity contribution in [1.82, 2.24) is 0 Å². The zero-order chi connectivity index (χ0) is 16.3. The molecule has 9 heteroatoms. The Hall–Kier alpha value is 1.28. The van der Waals surface area contributed by atoms with E-state index in [2.05, 4.69) is 20.8 Å². The Morgan fingerprint density at radius 3 is 2.00 bits per heavy atom. The summed E-state index contributed by atoms with van der Waals surface area (Å²) >= 11 is 4.32. The first-order valence-electron chi connectivity index (χ1n) is 7.07. The molecule has 1 fully saturated rings. The second kappa shape index (κ2) is 7.90. The molecule has 5 atom stereocenters. The van der Waals surface area contributed by atoms with Crippen LogP contribution in [0.4, 0.5) is 0 Å². The van der Waals surface area contributed by atoms with Crippen LogP contribution in [0.15, 0.2) is 0 Å². The Balaban J connectivity index is 2.78. The van der Waals surface area contributed by atoms with Crippen LogP contribution in [0.5, 0.6) is 0 Å². The zero-order valence-corrected chi connectivity index (χ0v) is 16.5. The first-order chi connectivity index (χ1) is 9.74. The van der Waals surface area contributed by atoms with E-state index in [0.717, 1.165) is 18.5 Å². The van der Waals surface area contributed by atoms with Gasteiger partial charge in [0.2, 0.25) is 0 Å². The summed E-state index contributed by atoms with van der Waals surface area (Å²) < 4.78 is 8.99. The minimum atomic E-state index is -2.21. The van der Waals surface area contributed by atoms with Gasteiger partial charge in [0.1, 0.15) is 0 Å². The van der Waals surface area contributed by atoms with E-state index in [0.29, 0.717) is 0 Å². The molecule has 1 aliphatic rings. The summed E-state index contributed by atoms with van der Waals surface area (Å²) in [5.74, 6) is 0. The molecule has 133 valence electrons. The topological polar surface area (TPSA) is 99.4 Å². The van der Waals surface area contributed by atoms with E-state index in [9.17, 15) is 15.3 Å². The molecule has 0 aromatic carbocycles. The fourth-order valence-electron chi connectivity index (χ4n) is 2.03. The normalized spacial score (nSPS) is 36.4. The Kier molecular flexibility index (Phi) is 7.65. The van der Waals surface area contributed by atoms with Gasteiger partial charge in [0.25, 0.3) is 0 Å². The number of aliphatic hydroxyl groups excluding tert-OH is 4. The van der Waals surface area contributed by atoms with Crippen LogP contribution in [0.1, 0.15) is 20.8 Å². The molecule has 21 heavy (non-hydrogen) atoms. The summed E-state index contributed by atoms with van der Waals surface area (Å²) in [6, 6.07) is 0. The van der Waals surface area contributed by atoms with Gasteiger partial charge in [-0.05, 0) is 0 Å². The fraction of sp³-hybridized carbons (Fsp3) is 1.00. The molecule has 0 unspecified atom stereocenters. The summed E-state index contributed by atoms with van der Waals surface area (Å²) in [5, 5.41) is 38.7. The van der Waals surface area contributed by atoms with Crippen molar-refractivity contribution in [2.45, 2.75) is 51.5 Å². The van der Waals surface area contributed by atoms with E-state index < -0.39 is 60.6 Å². The maximum absolute atomic E-state index is 9.98. The molecule has 6 nitrogen and oxygen atoms in total. The van der Waals surface area contributed by atoms with Crippen LogP contribution in [0.3, 0.4) is 0 Å². The van der Waals surface area contributed by atoms with Crippen LogP contribution in [-0.4, -0.2) is 76.2 Å². The Morgan fingerprint density at radius 2 is 1.57 bits per heavy atom. The molecular formula is C12H27AuO6PS. The SMILES string of the molecule is CC[P](S)(CC)(CC)[Au][O][C@H]1O[C@H](CO)[C@@H](O)[C@H](O)[C@H]1O. The fourth-order valence-corrected chi connectivity index (χ4v) is 9.90. The molecule has 0 spiro atoms. The van der Waals surface area contributed by atoms with Gasteiger partial charge in [0.05, 0.1) is 0 Å². The van der Waals surface area contributed by atoms with Crippen LogP contribution >= 0.6 is 15.9 Å². The molecule has 0 amide bonds. The Morgan fingerprint density at radius 1 is 1.05 bits per heavy atom. The number of ether oxygens (including phenoxy) is 1. The van der Waals surface area contributed by atoms with Crippen LogP contribution in [0, 0.1) is 0 Å². The average molecular weight is 527 g/mol. The van der Waals surface area contributed by atoms with Gasteiger partial charge in [0, 0.05) is 0 Å². The van der Waals surface area contributed by atoms with Gasteiger partial charge in [-0.25, -0.2) is 0 Å². The van der Waals surface area contributed by atoms with Gasteiger partial charge < -0.3 is 0 Å². The van der Waals surface area contributed by atoms with E-state index in [4.69, 9.17) is 25.3 Å². The van der Waals surface area contributed by atoms with E-state index >= 15 is 0 Å². The third kappa shape index (κ3) is 4.43. The molecule has 0 aliphatic carbocycles. The second-order valence-electron chi connectivity index (χ2n) is 5.21. The van der Waals surface area contributed by atoms with Crippen molar-refractivity contribution in [3.8, 4) is 0 Å². The standard InChI is InChI=1S/C6H11O6.C6H16PS.Au/c7-1-2-3(8)4(9)5(10)6(11)12-2;1-4-7(8,5-2)6-3;/h2-10H,1H2;8H,4-6H2,1-3H3;/q-1;+1;/t2-,3-,4+,5-,6+;;/m1../s1. The van der Waals surface area contributed by atoms with Gasteiger partial charge in [-0.3, -0.25) is 0 Å². The number of aliphatic hydroxyl groups is 4. The molecule has 4 N–H and O–H groups in total. The van der Waals surface area contributed by atoms with Crippen molar-refractivity contribution in [2.75, 3.05) is 25.1 Å². The van der Waals surface area contributed by atoms with Crippen LogP contribution in [-0.2, 0) is 27.6 Å². The average Bonchev–Trinajstić information content (AvgIpc) is 2.52. The van der Waals surface area contributed by atoms with Crippen LogP contribution < -0.4 is 0 Å². The minimum absolute atomic E-state index is 0.443. The van der Waals surface area contributed by atoms with Crippen LogP contribution in [0.25, 0.3) is 0 Å². The van der Waals surface area contributed by atoms with E-state index in [1.807, 2.05) is 0 Å². The van der Waals surface area contributed by atoms with E-state index in [1.54, 1.807) is 0 Å². The second-order valence-corrected chi connectivity index (χ2v) is 24.8. The number of hydrogen-bond acceptors (Lipinski definition) is 7. The third-order valence-electron chi connectivity index (χ3n) is 4.14. The summed E-state index contributed by atoms with van der Waals surface area (Å²) in [6.45, 7) is 5.86. The third-order valence-corrected chi connectivity index (χ3v) is 22.8. The molecule has 0 bridgehead atoms. The van der Waals surface area contributed by atoms with Gasteiger partial charge in [0.15, 0.2) is 0 Å². The quantitative estimate of drug-likeness (QED) is 0.184. The molecule has 0 saturated carbocycles. The summed E-state index contributed by atoms with van der Waals surface area (Å²) in [7, 11) is 0. The molecule has 0 radical (unpaired) electrons. The maximum atomic E-state index is 9.98. The predicted octanol–water partition coefficient (Wildman–Crippen LogP) is 0.173. The van der Waals surface area contributed by atoms with Crippen molar-refractivity contribution >= 4 is 15.9 Å². The molecule has 1 saturated heterocycles. The van der Waals surface area contributed by atoms with E-state index in [-0.39, 0.29) is 0 Å². The predicted molar refractivity (Wildman–Crippen MR) is 82.4 cm³/mol. The molecule has 0 aromatic heterocycles. The van der Waals surface area contributed by atoms with Gasteiger partial charge >= 0.3 is 141 Å². The summed E-state index contributed by atoms with van der Waals surface area (Å²) in [4.78, 5) is 0. The molecular weight excluding hydrogens is 500 g/mol. The Labute approximate surface area is 140 Å². The zero-order valence-electron chi connectivity index (χ0n) is 12.5. The molecule has 1 rings (SSSR count).